The van der Waals surface area contributed by atoms with Crippen molar-refractivity contribution in [1.29, 1.82) is 0 Å². The van der Waals surface area contributed by atoms with Crippen molar-refractivity contribution in [2.45, 2.75) is 6.42 Å². The van der Waals surface area contributed by atoms with Crippen molar-refractivity contribution in [2.24, 2.45) is 0 Å². The van der Waals surface area contributed by atoms with Crippen LogP contribution in [0.2, 0.25) is 5.02 Å². The molecule has 2 amide bonds. The van der Waals surface area contributed by atoms with Gasteiger partial charge in [-0.1, -0.05) is 48.0 Å². The van der Waals surface area contributed by atoms with Crippen LogP contribution in [-0.4, -0.2) is 18.4 Å². The van der Waals surface area contributed by atoms with Crippen LogP contribution in [0, 0.1) is 0 Å². The highest BCUT2D eigenvalue weighted by Crippen LogP contribution is 2.35. The zero-order valence-corrected chi connectivity index (χ0v) is 17.5. The van der Waals surface area contributed by atoms with Gasteiger partial charge in [0.25, 0.3) is 11.8 Å². The molecule has 6 heteroatoms. The molecule has 4 aromatic rings. The Bertz CT molecular complexity index is 1280. The number of hydrogen-bond acceptors (Lipinski definition) is 3. The lowest BCUT2D eigenvalue weighted by Crippen LogP contribution is -2.28. The molecule has 1 aliphatic heterocycles. The number of carbonyl (C=O) groups is 2. The van der Waals surface area contributed by atoms with Crippen molar-refractivity contribution in [2.75, 3.05) is 16.8 Å². The van der Waals surface area contributed by atoms with E-state index in [1.807, 2.05) is 42.5 Å². The Morgan fingerprint density at radius 1 is 0.933 bits per heavy atom. The van der Waals surface area contributed by atoms with Gasteiger partial charge >= 0.3 is 0 Å². The van der Waals surface area contributed by atoms with Crippen molar-refractivity contribution in [3.8, 4) is 0 Å². The van der Waals surface area contributed by atoms with E-state index in [4.69, 9.17) is 11.6 Å². The molecule has 4 nitrogen and oxygen atoms in total. The molecule has 1 N–H and O–H groups in total. The van der Waals surface area contributed by atoms with E-state index in [9.17, 15) is 9.59 Å². The van der Waals surface area contributed by atoms with Crippen LogP contribution in [0.15, 0.2) is 72.8 Å². The molecule has 5 rings (SSSR count). The maximum absolute atomic E-state index is 12.9. The topological polar surface area (TPSA) is 49.4 Å². The Balaban J connectivity index is 1.33. The summed E-state index contributed by atoms with van der Waals surface area (Å²) in [6.45, 7) is 0.682. The number of benzene rings is 3. The summed E-state index contributed by atoms with van der Waals surface area (Å²) in [5.74, 6) is -0.292. The quantitative estimate of drug-likeness (QED) is 0.431. The second-order valence-corrected chi connectivity index (χ2v) is 8.54. The number of rotatable bonds is 3. The molecular weight excluding hydrogens is 416 g/mol. The first-order chi connectivity index (χ1) is 14.6. The summed E-state index contributed by atoms with van der Waals surface area (Å²) in [5.41, 5.74) is 3.37. The van der Waals surface area contributed by atoms with Crippen molar-refractivity contribution < 1.29 is 9.59 Å². The molecule has 0 spiro atoms. The number of nitrogens with one attached hydrogen (secondary N) is 1. The number of amides is 2. The summed E-state index contributed by atoms with van der Waals surface area (Å²) in [7, 11) is 0. The average molecular weight is 433 g/mol. The van der Waals surface area contributed by atoms with Gasteiger partial charge in [-0.05, 0) is 48.4 Å². The van der Waals surface area contributed by atoms with Crippen molar-refractivity contribution in [3.05, 3.63) is 93.8 Å². The first-order valence-corrected chi connectivity index (χ1v) is 10.8. The molecule has 3 aromatic carbocycles. The van der Waals surface area contributed by atoms with E-state index in [2.05, 4.69) is 11.4 Å². The third-order valence-electron chi connectivity index (χ3n) is 5.26. The Kier molecular flexibility index (Phi) is 4.77. The molecule has 0 bridgehead atoms. The number of hydrogen-bond donors (Lipinski definition) is 1. The molecule has 0 saturated heterocycles. The lowest BCUT2D eigenvalue weighted by Gasteiger charge is -2.17. The Morgan fingerprint density at radius 2 is 1.67 bits per heavy atom. The van der Waals surface area contributed by atoms with Crippen LogP contribution >= 0.6 is 22.9 Å². The summed E-state index contributed by atoms with van der Waals surface area (Å²) in [6.07, 6.45) is 0.867. The molecule has 1 aromatic heterocycles. The minimum Gasteiger partial charge on any atom is -0.321 e. The van der Waals surface area contributed by atoms with E-state index in [0.29, 0.717) is 27.7 Å². The van der Waals surface area contributed by atoms with Crippen LogP contribution in [0.3, 0.4) is 0 Å². The first kappa shape index (κ1) is 18.9. The maximum atomic E-state index is 12.9. The number of fused-ring (bicyclic) bond motifs is 2. The third-order valence-corrected chi connectivity index (χ3v) is 6.94. The van der Waals surface area contributed by atoms with Gasteiger partial charge < -0.3 is 10.2 Å². The van der Waals surface area contributed by atoms with Gasteiger partial charge in [-0.25, -0.2) is 0 Å². The highest BCUT2D eigenvalue weighted by Gasteiger charge is 2.25. The van der Waals surface area contributed by atoms with Gasteiger partial charge in [0.05, 0.1) is 5.02 Å². The summed E-state index contributed by atoms with van der Waals surface area (Å²) in [6, 6.07) is 22.6. The normalized spacial score (nSPS) is 12.8. The lowest BCUT2D eigenvalue weighted by molar-refractivity contribution is 0.0988. The molecule has 0 radical (unpaired) electrons. The molecule has 0 saturated carbocycles. The predicted molar refractivity (Wildman–Crippen MR) is 123 cm³/mol. The number of carbonyl (C=O) groups excluding carboxylic acids is 2. The standard InChI is InChI=1S/C24H17ClN2O2S/c25-21-18-6-2-4-8-20(18)30-22(21)23(28)26-17-11-9-16(10-12-17)24(29)27-14-13-15-5-1-3-7-19(15)27/h1-12H,13-14H2,(H,26,28). The second kappa shape index (κ2) is 7.59. The highest BCUT2D eigenvalue weighted by molar-refractivity contribution is 7.21. The van der Waals surface area contributed by atoms with E-state index in [-0.39, 0.29) is 11.8 Å². The maximum Gasteiger partial charge on any atom is 0.267 e. The van der Waals surface area contributed by atoms with Gasteiger partial charge in [-0.15, -0.1) is 11.3 Å². The molecule has 1 aliphatic rings. The molecule has 2 heterocycles. The molecule has 0 fully saturated rings. The summed E-state index contributed by atoms with van der Waals surface area (Å²) >= 11 is 7.76. The van der Waals surface area contributed by atoms with Gasteiger partial charge in [0.2, 0.25) is 0 Å². The number of thiophene rings is 1. The zero-order chi connectivity index (χ0) is 20.7. The van der Waals surface area contributed by atoms with Gasteiger partial charge in [-0.2, -0.15) is 0 Å². The minimum absolute atomic E-state index is 0.0367. The van der Waals surface area contributed by atoms with E-state index in [1.165, 1.54) is 16.9 Å². The van der Waals surface area contributed by atoms with Gasteiger partial charge in [-0.3, -0.25) is 9.59 Å². The van der Waals surface area contributed by atoms with Crippen LogP contribution < -0.4 is 10.2 Å². The number of halogens is 1. The van der Waals surface area contributed by atoms with Gasteiger partial charge in [0.1, 0.15) is 4.88 Å². The van der Waals surface area contributed by atoms with Crippen molar-refractivity contribution in [3.63, 3.8) is 0 Å². The van der Waals surface area contributed by atoms with Crippen LogP contribution in [0.5, 0.6) is 0 Å². The minimum atomic E-state index is -0.256. The SMILES string of the molecule is O=C(Nc1ccc(C(=O)N2CCc3ccccc32)cc1)c1sc2ccccc2c1Cl. The monoisotopic (exact) mass is 432 g/mol. The van der Waals surface area contributed by atoms with Crippen LogP contribution in [0.25, 0.3) is 10.1 Å². The van der Waals surface area contributed by atoms with E-state index in [0.717, 1.165) is 22.2 Å². The largest absolute Gasteiger partial charge is 0.321 e. The lowest BCUT2D eigenvalue weighted by atomic mass is 10.1. The van der Waals surface area contributed by atoms with E-state index in [1.54, 1.807) is 29.2 Å². The molecule has 0 unspecified atom stereocenters. The Labute approximate surface area is 182 Å². The number of nitrogens with zero attached hydrogens (tertiary/aromatic N) is 1. The van der Waals surface area contributed by atoms with Crippen LogP contribution in [0.1, 0.15) is 25.6 Å². The number of anilines is 2. The molecule has 148 valence electrons. The fraction of sp³-hybridized carbons (Fsp3) is 0.0833. The predicted octanol–water partition coefficient (Wildman–Crippen LogP) is 6.01. The Morgan fingerprint density at radius 3 is 2.47 bits per heavy atom. The van der Waals surface area contributed by atoms with Crippen molar-refractivity contribution in [1.82, 2.24) is 0 Å². The van der Waals surface area contributed by atoms with E-state index >= 15 is 0 Å². The molecule has 0 aliphatic carbocycles. The summed E-state index contributed by atoms with van der Waals surface area (Å²) in [5, 5.41) is 4.21. The van der Waals surface area contributed by atoms with E-state index < -0.39 is 0 Å². The van der Waals surface area contributed by atoms with Crippen LogP contribution in [-0.2, 0) is 6.42 Å². The van der Waals surface area contributed by atoms with Crippen molar-refractivity contribution >= 4 is 56.2 Å². The molecular formula is C24H17ClN2O2S. The zero-order valence-electron chi connectivity index (χ0n) is 15.9. The molecule has 0 atom stereocenters. The highest BCUT2D eigenvalue weighted by atomic mass is 35.5. The average Bonchev–Trinajstić information content (AvgIpc) is 3.35. The van der Waals surface area contributed by atoms with Gasteiger partial charge in [0.15, 0.2) is 0 Å². The third kappa shape index (κ3) is 3.26. The fourth-order valence-electron chi connectivity index (χ4n) is 3.75. The van der Waals surface area contributed by atoms with Crippen LogP contribution in [0.4, 0.5) is 11.4 Å². The Hall–Kier alpha value is -3.15. The molecule has 30 heavy (non-hydrogen) atoms. The summed E-state index contributed by atoms with van der Waals surface area (Å²) < 4.78 is 0.972. The van der Waals surface area contributed by atoms with Gasteiger partial charge in [0, 0.05) is 33.6 Å². The first-order valence-electron chi connectivity index (χ1n) is 9.60. The second-order valence-electron chi connectivity index (χ2n) is 7.11. The summed E-state index contributed by atoms with van der Waals surface area (Å²) in [4.78, 5) is 27.9. The smallest absolute Gasteiger partial charge is 0.267 e. The fourth-order valence-corrected chi connectivity index (χ4v) is 5.16. The number of para-hydroxylation sites is 1.